The van der Waals surface area contributed by atoms with E-state index in [0.29, 0.717) is 22.3 Å². The van der Waals surface area contributed by atoms with Crippen molar-refractivity contribution in [3.63, 3.8) is 0 Å². The molecule has 0 aliphatic carbocycles. The van der Waals surface area contributed by atoms with Crippen molar-refractivity contribution in [1.82, 2.24) is 14.8 Å². The van der Waals surface area contributed by atoms with Crippen LogP contribution in [0.25, 0.3) is 0 Å². The van der Waals surface area contributed by atoms with Gasteiger partial charge in [0.25, 0.3) is 0 Å². The molecular weight excluding hydrogens is 464 g/mol. The van der Waals surface area contributed by atoms with Gasteiger partial charge in [0, 0.05) is 23.6 Å². The fraction of sp³-hybridized carbons (Fsp3) is 0.211. The zero-order valence-electron chi connectivity index (χ0n) is 15.3. The van der Waals surface area contributed by atoms with Crippen LogP contribution in [0.2, 0.25) is 5.02 Å². The van der Waals surface area contributed by atoms with Crippen LogP contribution in [0.15, 0.2) is 52.1 Å². The number of benzene rings is 2. The second-order valence-corrected chi connectivity index (χ2v) is 8.15. The minimum atomic E-state index is -0.126. The highest BCUT2D eigenvalue weighted by molar-refractivity contribution is 9.10. The molecule has 1 aromatic heterocycles. The lowest BCUT2D eigenvalue weighted by molar-refractivity contribution is -0.113. The Kier molecular flexibility index (Phi) is 6.98. The Morgan fingerprint density at radius 3 is 2.68 bits per heavy atom. The number of hydrogen-bond donors (Lipinski definition) is 1. The van der Waals surface area contributed by atoms with Crippen LogP contribution in [0.1, 0.15) is 11.4 Å². The van der Waals surface area contributed by atoms with Crippen molar-refractivity contribution >= 4 is 50.9 Å². The van der Waals surface area contributed by atoms with Gasteiger partial charge in [-0.05, 0) is 51.8 Å². The van der Waals surface area contributed by atoms with E-state index >= 15 is 0 Å². The Bertz CT molecular complexity index is 979. The molecule has 1 amide bonds. The van der Waals surface area contributed by atoms with Gasteiger partial charge in [0.05, 0.1) is 17.9 Å². The maximum absolute atomic E-state index is 12.2. The largest absolute Gasteiger partial charge is 0.497 e. The fourth-order valence-electron chi connectivity index (χ4n) is 2.45. The summed E-state index contributed by atoms with van der Waals surface area (Å²) in [7, 11) is 3.54. The minimum Gasteiger partial charge on any atom is -0.497 e. The van der Waals surface area contributed by atoms with E-state index in [4.69, 9.17) is 16.3 Å². The molecule has 0 saturated heterocycles. The van der Waals surface area contributed by atoms with Crippen molar-refractivity contribution < 1.29 is 9.53 Å². The topological polar surface area (TPSA) is 69.0 Å². The number of ether oxygens (including phenoxy) is 1. The first-order chi connectivity index (χ1) is 13.5. The molecule has 0 radical (unpaired) electrons. The summed E-state index contributed by atoms with van der Waals surface area (Å²) in [6, 6.07) is 13.1. The second-order valence-electron chi connectivity index (χ2n) is 5.95. The summed E-state index contributed by atoms with van der Waals surface area (Å²) in [5.74, 6) is 1.75. The van der Waals surface area contributed by atoms with Gasteiger partial charge >= 0.3 is 0 Å². The molecule has 0 unspecified atom stereocenters. The Labute approximate surface area is 180 Å². The number of rotatable bonds is 7. The number of amides is 1. The van der Waals surface area contributed by atoms with E-state index in [0.717, 1.165) is 21.6 Å². The maximum Gasteiger partial charge on any atom is 0.234 e. The Morgan fingerprint density at radius 1 is 1.25 bits per heavy atom. The molecule has 0 atom stereocenters. The standard InChI is InChI=1S/C19H18BrClN4O2S/c1-25-17(9-12-3-6-14(27-2)7-4-12)23-24-19(25)28-11-18(26)22-13-5-8-16(21)15(20)10-13/h3-8,10H,9,11H2,1-2H3,(H,22,26). The number of aromatic nitrogens is 3. The highest BCUT2D eigenvalue weighted by Crippen LogP contribution is 2.26. The summed E-state index contributed by atoms with van der Waals surface area (Å²) in [6.07, 6.45) is 0.652. The van der Waals surface area contributed by atoms with E-state index in [-0.39, 0.29) is 11.7 Å². The second kappa shape index (κ2) is 9.45. The van der Waals surface area contributed by atoms with Crippen molar-refractivity contribution in [3.05, 3.63) is 63.3 Å². The molecule has 0 bridgehead atoms. The van der Waals surface area contributed by atoms with E-state index < -0.39 is 0 Å². The normalized spacial score (nSPS) is 10.7. The smallest absolute Gasteiger partial charge is 0.234 e. The number of carbonyl (C=O) groups is 1. The number of hydrogen-bond acceptors (Lipinski definition) is 5. The van der Waals surface area contributed by atoms with Gasteiger partial charge in [-0.3, -0.25) is 4.79 Å². The van der Waals surface area contributed by atoms with Crippen molar-refractivity contribution in [2.75, 3.05) is 18.2 Å². The maximum atomic E-state index is 12.2. The number of methoxy groups -OCH3 is 1. The molecule has 9 heteroatoms. The predicted molar refractivity (Wildman–Crippen MR) is 115 cm³/mol. The SMILES string of the molecule is COc1ccc(Cc2nnc(SCC(=O)Nc3ccc(Cl)c(Br)c3)n2C)cc1. The van der Waals surface area contributed by atoms with Crippen LogP contribution in [0, 0.1) is 0 Å². The summed E-state index contributed by atoms with van der Waals surface area (Å²) in [4.78, 5) is 12.2. The van der Waals surface area contributed by atoms with E-state index in [1.807, 2.05) is 35.9 Å². The highest BCUT2D eigenvalue weighted by Gasteiger charge is 2.12. The Hall–Kier alpha value is -2.03. The molecule has 2 aromatic carbocycles. The zero-order chi connectivity index (χ0) is 20.1. The van der Waals surface area contributed by atoms with Crippen LogP contribution in [0.5, 0.6) is 5.75 Å². The summed E-state index contributed by atoms with van der Waals surface area (Å²) >= 11 is 10.6. The number of anilines is 1. The molecule has 1 heterocycles. The average Bonchev–Trinajstić information content (AvgIpc) is 3.03. The first-order valence-corrected chi connectivity index (χ1v) is 10.5. The molecule has 0 fully saturated rings. The molecule has 146 valence electrons. The van der Waals surface area contributed by atoms with Gasteiger partial charge in [0.2, 0.25) is 5.91 Å². The third kappa shape index (κ3) is 5.27. The molecule has 0 aliphatic rings. The quantitative estimate of drug-likeness (QED) is 0.501. The van der Waals surface area contributed by atoms with Crippen LogP contribution in [-0.2, 0) is 18.3 Å². The van der Waals surface area contributed by atoms with Gasteiger partial charge in [-0.2, -0.15) is 0 Å². The molecule has 0 saturated carbocycles. The third-order valence-electron chi connectivity index (χ3n) is 3.98. The van der Waals surface area contributed by atoms with Gasteiger partial charge in [-0.25, -0.2) is 0 Å². The number of nitrogens with one attached hydrogen (secondary N) is 1. The summed E-state index contributed by atoms with van der Waals surface area (Å²) in [6.45, 7) is 0. The lowest BCUT2D eigenvalue weighted by atomic mass is 10.1. The van der Waals surface area contributed by atoms with Crippen LogP contribution < -0.4 is 10.1 Å². The van der Waals surface area contributed by atoms with Gasteiger partial charge in [-0.15, -0.1) is 10.2 Å². The molecule has 3 aromatic rings. The molecule has 28 heavy (non-hydrogen) atoms. The van der Waals surface area contributed by atoms with Gasteiger partial charge in [0.15, 0.2) is 5.16 Å². The third-order valence-corrected chi connectivity index (χ3v) is 6.22. The van der Waals surface area contributed by atoms with Crippen LogP contribution in [0.4, 0.5) is 5.69 Å². The van der Waals surface area contributed by atoms with Crippen LogP contribution >= 0.6 is 39.3 Å². The van der Waals surface area contributed by atoms with Crippen molar-refractivity contribution in [3.8, 4) is 5.75 Å². The summed E-state index contributed by atoms with van der Waals surface area (Å²) < 4.78 is 7.81. The summed E-state index contributed by atoms with van der Waals surface area (Å²) in [5.41, 5.74) is 1.79. The summed E-state index contributed by atoms with van der Waals surface area (Å²) in [5, 5.41) is 12.6. The van der Waals surface area contributed by atoms with Crippen molar-refractivity contribution in [2.24, 2.45) is 7.05 Å². The number of nitrogens with zero attached hydrogens (tertiary/aromatic N) is 3. The first-order valence-electron chi connectivity index (χ1n) is 8.35. The van der Waals surface area contributed by atoms with Crippen molar-refractivity contribution in [1.29, 1.82) is 0 Å². The van der Waals surface area contributed by atoms with Crippen LogP contribution in [-0.4, -0.2) is 33.5 Å². The van der Waals surface area contributed by atoms with E-state index in [2.05, 4.69) is 31.4 Å². The zero-order valence-corrected chi connectivity index (χ0v) is 18.4. The number of thioether (sulfide) groups is 1. The lowest BCUT2D eigenvalue weighted by Crippen LogP contribution is -2.14. The Balaban J connectivity index is 1.57. The van der Waals surface area contributed by atoms with E-state index in [9.17, 15) is 4.79 Å². The molecule has 0 aliphatic heterocycles. The molecule has 6 nitrogen and oxygen atoms in total. The number of carbonyl (C=O) groups excluding carboxylic acids is 1. The van der Waals surface area contributed by atoms with Gasteiger partial charge in [0.1, 0.15) is 11.6 Å². The molecule has 1 N–H and O–H groups in total. The first kappa shape index (κ1) is 20.7. The number of halogens is 2. The highest BCUT2D eigenvalue weighted by atomic mass is 79.9. The minimum absolute atomic E-state index is 0.126. The predicted octanol–water partition coefficient (Wildman–Crippen LogP) is 4.56. The van der Waals surface area contributed by atoms with Gasteiger partial charge < -0.3 is 14.6 Å². The molecule has 0 spiro atoms. The molecule has 3 rings (SSSR count). The lowest BCUT2D eigenvalue weighted by Gasteiger charge is -2.07. The van der Waals surface area contributed by atoms with E-state index in [1.165, 1.54) is 11.8 Å². The van der Waals surface area contributed by atoms with Crippen molar-refractivity contribution in [2.45, 2.75) is 11.6 Å². The average molecular weight is 482 g/mol. The van der Waals surface area contributed by atoms with E-state index in [1.54, 1.807) is 25.3 Å². The fourth-order valence-corrected chi connectivity index (χ4v) is 3.68. The van der Waals surface area contributed by atoms with Crippen LogP contribution in [0.3, 0.4) is 0 Å². The molecular formula is C19H18BrClN4O2S. The monoisotopic (exact) mass is 480 g/mol. The van der Waals surface area contributed by atoms with Gasteiger partial charge in [-0.1, -0.05) is 35.5 Å². The Morgan fingerprint density at radius 2 is 2.00 bits per heavy atom.